The number of carbonyl (C=O) groups excluding carboxylic acids is 1. The topological polar surface area (TPSA) is 111 Å². The van der Waals surface area contributed by atoms with E-state index in [0.717, 1.165) is 0 Å². The van der Waals surface area contributed by atoms with Crippen molar-refractivity contribution in [1.29, 1.82) is 0 Å². The molecule has 1 aromatic heterocycles. The number of primary amides is 1. The van der Waals surface area contributed by atoms with Crippen LogP contribution in [0.25, 0.3) is 10.9 Å². The van der Waals surface area contributed by atoms with Gasteiger partial charge < -0.3 is 11.1 Å². The van der Waals surface area contributed by atoms with Gasteiger partial charge in [-0.1, -0.05) is 0 Å². The zero-order valence-corrected chi connectivity index (χ0v) is 10.2. The minimum atomic E-state index is -0.539. The zero-order valence-electron chi connectivity index (χ0n) is 10.2. The number of benzene rings is 1. The normalized spacial score (nSPS) is 12.1. The average molecular weight is 260 g/mol. The number of rotatable bonds is 4. The van der Waals surface area contributed by atoms with Crippen LogP contribution in [0.15, 0.2) is 30.3 Å². The van der Waals surface area contributed by atoms with Crippen LogP contribution in [0.1, 0.15) is 6.92 Å². The van der Waals surface area contributed by atoms with E-state index >= 15 is 0 Å². The van der Waals surface area contributed by atoms with Gasteiger partial charge in [0.1, 0.15) is 11.9 Å². The number of carbonyl (C=O) groups is 1. The Balaban J connectivity index is 2.34. The number of pyridine rings is 1. The first-order valence-corrected chi connectivity index (χ1v) is 5.58. The number of nitrogens with one attached hydrogen (secondary N) is 1. The van der Waals surface area contributed by atoms with E-state index in [0.29, 0.717) is 16.7 Å². The monoisotopic (exact) mass is 260 g/mol. The molecule has 2 aromatic rings. The molecule has 0 saturated heterocycles. The lowest BCUT2D eigenvalue weighted by Gasteiger charge is -2.11. The average Bonchev–Trinajstić information content (AvgIpc) is 2.37. The first kappa shape index (κ1) is 12.7. The molecule has 0 aliphatic carbocycles. The van der Waals surface area contributed by atoms with Crippen molar-refractivity contribution in [3.8, 4) is 0 Å². The van der Waals surface area contributed by atoms with Crippen LogP contribution in [-0.2, 0) is 4.79 Å². The molecule has 2 rings (SSSR count). The van der Waals surface area contributed by atoms with Gasteiger partial charge in [0.15, 0.2) is 0 Å². The lowest BCUT2D eigenvalue weighted by atomic mass is 10.2. The van der Waals surface area contributed by atoms with Gasteiger partial charge >= 0.3 is 0 Å². The largest absolute Gasteiger partial charge is 0.368 e. The van der Waals surface area contributed by atoms with Crippen molar-refractivity contribution in [2.75, 3.05) is 5.32 Å². The highest BCUT2D eigenvalue weighted by molar-refractivity contribution is 5.84. The predicted molar refractivity (Wildman–Crippen MR) is 70.7 cm³/mol. The molecule has 0 aliphatic rings. The Morgan fingerprint density at radius 2 is 2.16 bits per heavy atom. The summed E-state index contributed by atoms with van der Waals surface area (Å²) in [6.07, 6.45) is 0. The quantitative estimate of drug-likeness (QED) is 0.638. The summed E-state index contributed by atoms with van der Waals surface area (Å²) < 4.78 is 0. The van der Waals surface area contributed by atoms with Crippen LogP contribution in [-0.4, -0.2) is 21.9 Å². The second kappa shape index (κ2) is 4.89. The number of non-ortho nitro benzene ring substituents is 1. The molecule has 3 N–H and O–H groups in total. The van der Waals surface area contributed by atoms with Crippen LogP contribution >= 0.6 is 0 Å². The van der Waals surface area contributed by atoms with Crippen LogP contribution in [0, 0.1) is 10.1 Å². The van der Waals surface area contributed by atoms with Crippen molar-refractivity contribution < 1.29 is 9.72 Å². The van der Waals surface area contributed by atoms with E-state index in [1.165, 1.54) is 12.1 Å². The van der Waals surface area contributed by atoms with Gasteiger partial charge in [0, 0.05) is 17.5 Å². The number of nitrogens with two attached hydrogens (primary N) is 1. The highest BCUT2D eigenvalue weighted by Crippen LogP contribution is 2.21. The highest BCUT2D eigenvalue weighted by atomic mass is 16.6. The Morgan fingerprint density at radius 1 is 1.42 bits per heavy atom. The van der Waals surface area contributed by atoms with E-state index in [1.54, 1.807) is 25.1 Å². The standard InChI is InChI=1S/C12H12N4O3/c1-7(12(13)17)14-11-5-2-8-6-9(16(18)19)3-4-10(8)15-11/h2-7H,1H3,(H2,13,17)(H,14,15). The van der Waals surface area contributed by atoms with Crippen molar-refractivity contribution >= 4 is 28.3 Å². The smallest absolute Gasteiger partial charge is 0.270 e. The molecule has 19 heavy (non-hydrogen) atoms. The Bertz CT molecular complexity index is 656. The Morgan fingerprint density at radius 3 is 2.79 bits per heavy atom. The predicted octanol–water partition coefficient (Wildman–Crippen LogP) is 1.43. The molecule has 0 radical (unpaired) electrons. The van der Waals surface area contributed by atoms with Crippen LogP contribution in [0.4, 0.5) is 11.5 Å². The maximum atomic E-state index is 10.9. The molecule has 0 aliphatic heterocycles. The van der Waals surface area contributed by atoms with Gasteiger partial charge in [-0.2, -0.15) is 0 Å². The molecule has 0 bridgehead atoms. The van der Waals surface area contributed by atoms with Gasteiger partial charge in [-0.05, 0) is 25.1 Å². The van der Waals surface area contributed by atoms with Gasteiger partial charge in [0.25, 0.3) is 5.69 Å². The SMILES string of the molecule is CC(Nc1ccc2cc([N+](=O)[O-])ccc2n1)C(N)=O. The summed E-state index contributed by atoms with van der Waals surface area (Å²) >= 11 is 0. The van der Waals surface area contributed by atoms with E-state index in [4.69, 9.17) is 5.73 Å². The summed E-state index contributed by atoms with van der Waals surface area (Å²) in [4.78, 5) is 25.4. The fraction of sp³-hybridized carbons (Fsp3) is 0.167. The molecule has 1 heterocycles. The summed E-state index contributed by atoms with van der Waals surface area (Å²) in [7, 11) is 0. The van der Waals surface area contributed by atoms with Gasteiger partial charge in [-0.25, -0.2) is 4.98 Å². The summed E-state index contributed by atoms with van der Waals surface area (Å²) in [5, 5.41) is 14.2. The van der Waals surface area contributed by atoms with Crippen LogP contribution in [0.2, 0.25) is 0 Å². The first-order chi connectivity index (χ1) is 8.97. The lowest BCUT2D eigenvalue weighted by molar-refractivity contribution is -0.384. The zero-order chi connectivity index (χ0) is 14.0. The Labute approximate surface area is 108 Å². The maximum Gasteiger partial charge on any atom is 0.270 e. The molecule has 1 atom stereocenters. The van der Waals surface area contributed by atoms with Crippen molar-refractivity contribution in [1.82, 2.24) is 4.98 Å². The molecular formula is C12H12N4O3. The number of nitrogens with zero attached hydrogens (tertiary/aromatic N) is 2. The van der Waals surface area contributed by atoms with E-state index in [1.807, 2.05) is 0 Å². The fourth-order valence-electron chi connectivity index (χ4n) is 1.60. The molecule has 7 heteroatoms. The van der Waals surface area contributed by atoms with Gasteiger partial charge in [-0.3, -0.25) is 14.9 Å². The van der Waals surface area contributed by atoms with Crippen molar-refractivity contribution in [3.05, 3.63) is 40.4 Å². The van der Waals surface area contributed by atoms with Crippen molar-refractivity contribution in [3.63, 3.8) is 0 Å². The number of anilines is 1. The number of nitro benzene ring substituents is 1. The second-order valence-corrected chi connectivity index (χ2v) is 4.10. The molecule has 98 valence electrons. The number of amides is 1. The first-order valence-electron chi connectivity index (χ1n) is 5.58. The molecular weight excluding hydrogens is 248 g/mol. The minimum absolute atomic E-state index is 0.0144. The summed E-state index contributed by atoms with van der Waals surface area (Å²) in [6, 6.07) is 7.20. The number of nitro groups is 1. The Hall–Kier alpha value is -2.70. The third kappa shape index (κ3) is 2.76. The Kier molecular flexibility index (Phi) is 3.28. The summed E-state index contributed by atoms with van der Waals surface area (Å²) in [5.41, 5.74) is 5.76. The second-order valence-electron chi connectivity index (χ2n) is 4.10. The number of hydrogen-bond acceptors (Lipinski definition) is 5. The molecule has 7 nitrogen and oxygen atoms in total. The molecule has 0 spiro atoms. The fourth-order valence-corrected chi connectivity index (χ4v) is 1.60. The summed E-state index contributed by atoms with van der Waals surface area (Å²) in [5.74, 6) is 0.0123. The lowest BCUT2D eigenvalue weighted by Crippen LogP contribution is -2.32. The maximum absolute atomic E-state index is 10.9. The highest BCUT2D eigenvalue weighted by Gasteiger charge is 2.10. The van der Waals surface area contributed by atoms with Crippen molar-refractivity contribution in [2.45, 2.75) is 13.0 Å². The number of fused-ring (bicyclic) bond motifs is 1. The number of hydrogen-bond donors (Lipinski definition) is 2. The van der Waals surface area contributed by atoms with Gasteiger partial charge in [-0.15, -0.1) is 0 Å². The molecule has 1 amide bonds. The van der Waals surface area contributed by atoms with E-state index in [2.05, 4.69) is 10.3 Å². The van der Waals surface area contributed by atoms with Crippen molar-refractivity contribution in [2.24, 2.45) is 5.73 Å². The minimum Gasteiger partial charge on any atom is -0.368 e. The third-order valence-corrected chi connectivity index (χ3v) is 2.67. The van der Waals surface area contributed by atoms with E-state index in [-0.39, 0.29) is 5.69 Å². The van der Waals surface area contributed by atoms with Gasteiger partial charge in [0.2, 0.25) is 5.91 Å². The number of aromatic nitrogens is 1. The molecule has 0 fully saturated rings. The third-order valence-electron chi connectivity index (χ3n) is 2.67. The van der Waals surface area contributed by atoms with Gasteiger partial charge in [0.05, 0.1) is 10.4 Å². The van der Waals surface area contributed by atoms with Crippen LogP contribution in [0.5, 0.6) is 0 Å². The van der Waals surface area contributed by atoms with E-state index < -0.39 is 16.9 Å². The summed E-state index contributed by atoms with van der Waals surface area (Å²) in [6.45, 7) is 1.63. The molecule has 1 unspecified atom stereocenters. The van der Waals surface area contributed by atoms with Crippen LogP contribution in [0.3, 0.4) is 0 Å². The molecule has 0 saturated carbocycles. The molecule has 1 aromatic carbocycles. The van der Waals surface area contributed by atoms with E-state index in [9.17, 15) is 14.9 Å². The van der Waals surface area contributed by atoms with Crippen LogP contribution < -0.4 is 11.1 Å².